The highest BCUT2D eigenvalue weighted by Crippen LogP contribution is 2.21. The summed E-state index contributed by atoms with van der Waals surface area (Å²) in [6.45, 7) is 6.08. The smallest absolute Gasteiger partial charge is 0.253 e. The van der Waals surface area contributed by atoms with Gasteiger partial charge in [0.1, 0.15) is 0 Å². The van der Waals surface area contributed by atoms with Gasteiger partial charge in [0.05, 0.1) is 6.10 Å². The van der Waals surface area contributed by atoms with E-state index in [4.69, 9.17) is 0 Å². The van der Waals surface area contributed by atoms with E-state index in [1.807, 2.05) is 19.9 Å². The second-order valence-corrected chi connectivity index (χ2v) is 5.75. The van der Waals surface area contributed by atoms with Crippen molar-refractivity contribution in [2.45, 2.75) is 39.4 Å². The lowest BCUT2D eigenvalue weighted by molar-refractivity contribution is -0.130. The molecule has 1 rings (SSSR count). The molecule has 0 aliphatic rings. The molecule has 0 bridgehead atoms. The molecule has 0 saturated heterocycles. The van der Waals surface area contributed by atoms with E-state index in [-0.39, 0.29) is 5.41 Å². The van der Waals surface area contributed by atoms with Crippen molar-refractivity contribution in [3.8, 4) is 0 Å². The Morgan fingerprint density at radius 2 is 1.84 bits per heavy atom. The van der Waals surface area contributed by atoms with Gasteiger partial charge in [0.25, 0.3) is 5.91 Å². The van der Waals surface area contributed by atoms with Crippen molar-refractivity contribution >= 4 is 5.91 Å². The summed E-state index contributed by atoms with van der Waals surface area (Å²) in [4.78, 5) is 11.9. The standard InChI is InChI=1S/C15H23NO3/c1-11(17)9-15(2,3)10-16-14(19)13(18)12-7-5-4-6-8-12/h4-8,11,13,17-18H,9-10H2,1-3H3,(H,16,19). The van der Waals surface area contributed by atoms with Gasteiger partial charge in [-0.3, -0.25) is 4.79 Å². The first-order valence-electron chi connectivity index (χ1n) is 6.50. The molecule has 0 fully saturated rings. The fraction of sp³-hybridized carbons (Fsp3) is 0.533. The molecule has 4 nitrogen and oxygen atoms in total. The van der Waals surface area contributed by atoms with Gasteiger partial charge in [-0.15, -0.1) is 0 Å². The lowest BCUT2D eigenvalue weighted by Gasteiger charge is -2.27. The number of benzene rings is 1. The van der Waals surface area contributed by atoms with E-state index in [2.05, 4.69) is 5.32 Å². The molecule has 1 aromatic rings. The maximum absolute atomic E-state index is 11.9. The van der Waals surface area contributed by atoms with Crippen LogP contribution in [0.4, 0.5) is 0 Å². The fourth-order valence-corrected chi connectivity index (χ4v) is 2.08. The highest BCUT2D eigenvalue weighted by atomic mass is 16.3. The zero-order valence-electron chi connectivity index (χ0n) is 11.8. The van der Waals surface area contributed by atoms with Gasteiger partial charge in [-0.05, 0) is 24.3 Å². The first-order chi connectivity index (χ1) is 8.82. The molecule has 0 aliphatic carbocycles. The Kier molecular flexibility index (Phi) is 5.51. The number of aliphatic hydroxyl groups is 2. The van der Waals surface area contributed by atoms with E-state index in [9.17, 15) is 15.0 Å². The Balaban J connectivity index is 2.52. The minimum absolute atomic E-state index is 0.208. The van der Waals surface area contributed by atoms with Crippen molar-refractivity contribution in [3.05, 3.63) is 35.9 Å². The molecule has 4 heteroatoms. The number of hydrogen-bond acceptors (Lipinski definition) is 3. The van der Waals surface area contributed by atoms with Gasteiger partial charge in [0, 0.05) is 6.54 Å². The van der Waals surface area contributed by atoms with Crippen LogP contribution in [-0.2, 0) is 4.79 Å². The maximum Gasteiger partial charge on any atom is 0.253 e. The van der Waals surface area contributed by atoms with Crippen molar-refractivity contribution in [3.63, 3.8) is 0 Å². The third-order valence-electron chi connectivity index (χ3n) is 2.95. The zero-order valence-corrected chi connectivity index (χ0v) is 11.8. The van der Waals surface area contributed by atoms with Gasteiger partial charge < -0.3 is 15.5 Å². The molecule has 19 heavy (non-hydrogen) atoms. The predicted octanol–water partition coefficient (Wildman–Crippen LogP) is 1.63. The molecule has 106 valence electrons. The van der Waals surface area contributed by atoms with Crippen LogP contribution in [0.25, 0.3) is 0 Å². The summed E-state index contributed by atoms with van der Waals surface area (Å²) in [5.74, 6) is -0.412. The Hall–Kier alpha value is -1.39. The molecule has 0 spiro atoms. The van der Waals surface area contributed by atoms with Gasteiger partial charge >= 0.3 is 0 Å². The van der Waals surface area contributed by atoms with Gasteiger partial charge in [0.2, 0.25) is 0 Å². The molecule has 0 aromatic heterocycles. The summed E-state index contributed by atoms with van der Waals surface area (Å²) in [6, 6.07) is 8.82. The van der Waals surface area contributed by atoms with E-state index in [1.54, 1.807) is 31.2 Å². The Morgan fingerprint density at radius 3 is 2.37 bits per heavy atom. The number of hydrogen-bond donors (Lipinski definition) is 3. The van der Waals surface area contributed by atoms with Gasteiger partial charge in [0.15, 0.2) is 6.10 Å². The molecular formula is C15H23NO3. The largest absolute Gasteiger partial charge is 0.393 e. The van der Waals surface area contributed by atoms with Crippen molar-refractivity contribution in [1.82, 2.24) is 5.32 Å². The highest BCUT2D eigenvalue weighted by molar-refractivity contribution is 5.81. The Labute approximate surface area is 114 Å². The van der Waals surface area contributed by atoms with Crippen LogP contribution in [0.5, 0.6) is 0 Å². The molecule has 1 amide bonds. The maximum atomic E-state index is 11.9. The molecule has 3 N–H and O–H groups in total. The second kappa shape index (κ2) is 6.68. The third kappa shape index (κ3) is 5.41. The van der Waals surface area contributed by atoms with Crippen molar-refractivity contribution < 1.29 is 15.0 Å². The topological polar surface area (TPSA) is 69.6 Å². The number of carbonyl (C=O) groups excluding carboxylic acids is 1. The minimum Gasteiger partial charge on any atom is -0.393 e. The number of rotatable bonds is 6. The van der Waals surface area contributed by atoms with Crippen LogP contribution in [0.15, 0.2) is 30.3 Å². The molecular weight excluding hydrogens is 242 g/mol. The average molecular weight is 265 g/mol. The van der Waals surface area contributed by atoms with Crippen LogP contribution in [-0.4, -0.2) is 28.8 Å². The summed E-state index contributed by atoms with van der Waals surface area (Å²) < 4.78 is 0. The lowest BCUT2D eigenvalue weighted by Crippen LogP contribution is -2.38. The highest BCUT2D eigenvalue weighted by Gasteiger charge is 2.23. The number of amides is 1. The molecule has 0 aliphatic heterocycles. The van der Waals surface area contributed by atoms with Gasteiger partial charge in [-0.25, -0.2) is 0 Å². The van der Waals surface area contributed by atoms with E-state index in [1.165, 1.54) is 0 Å². The van der Waals surface area contributed by atoms with Crippen molar-refractivity contribution in [2.24, 2.45) is 5.41 Å². The van der Waals surface area contributed by atoms with Crippen molar-refractivity contribution in [2.75, 3.05) is 6.54 Å². The summed E-state index contributed by atoms with van der Waals surface area (Å²) in [5, 5.41) is 22.0. The Bertz CT molecular complexity index is 401. The Morgan fingerprint density at radius 1 is 1.26 bits per heavy atom. The molecule has 2 atom stereocenters. The van der Waals surface area contributed by atoms with Crippen LogP contribution < -0.4 is 5.32 Å². The molecule has 2 unspecified atom stereocenters. The molecule has 0 heterocycles. The van der Waals surface area contributed by atoms with E-state index < -0.39 is 18.1 Å². The molecule has 0 saturated carbocycles. The van der Waals surface area contributed by atoms with E-state index >= 15 is 0 Å². The summed E-state index contributed by atoms with van der Waals surface area (Å²) in [6.07, 6.45) is -0.969. The normalized spacial score (nSPS) is 14.8. The number of aliphatic hydroxyl groups excluding tert-OH is 2. The van der Waals surface area contributed by atoms with Gasteiger partial charge in [-0.1, -0.05) is 44.2 Å². The average Bonchev–Trinajstić information content (AvgIpc) is 2.34. The minimum atomic E-state index is -1.15. The summed E-state index contributed by atoms with van der Waals surface area (Å²) in [5.41, 5.74) is 0.369. The van der Waals surface area contributed by atoms with Crippen LogP contribution in [0.3, 0.4) is 0 Å². The third-order valence-corrected chi connectivity index (χ3v) is 2.95. The first kappa shape index (κ1) is 15.7. The van der Waals surface area contributed by atoms with Crippen LogP contribution in [0, 0.1) is 5.41 Å². The SMILES string of the molecule is CC(O)CC(C)(C)CNC(=O)C(O)c1ccccc1. The van der Waals surface area contributed by atoms with Crippen LogP contribution >= 0.6 is 0 Å². The first-order valence-corrected chi connectivity index (χ1v) is 6.50. The predicted molar refractivity (Wildman–Crippen MR) is 74.5 cm³/mol. The zero-order chi connectivity index (χ0) is 14.5. The lowest BCUT2D eigenvalue weighted by atomic mass is 9.87. The van der Waals surface area contributed by atoms with Gasteiger partial charge in [-0.2, -0.15) is 0 Å². The molecule has 1 aromatic carbocycles. The fourth-order valence-electron chi connectivity index (χ4n) is 2.08. The number of carbonyl (C=O) groups is 1. The van der Waals surface area contributed by atoms with Crippen LogP contribution in [0.1, 0.15) is 38.9 Å². The van der Waals surface area contributed by atoms with E-state index in [0.717, 1.165) is 0 Å². The quantitative estimate of drug-likeness (QED) is 0.732. The monoisotopic (exact) mass is 265 g/mol. The summed E-state index contributed by atoms with van der Waals surface area (Å²) >= 11 is 0. The van der Waals surface area contributed by atoms with E-state index in [0.29, 0.717) is 18.5 Å². The number of nitrogens with one attached hydrogen (secondary N) is 1. The summed E-state index contributed by atoms with van der Waals surface area (Å²) in [7, 11) is 0. The molecule has 0 radical (unpaired) electrons. The van der Waals surface area contributed by atoms with Crippen molar-refractivity contribution in [1.29, 1.82) is 0 Å². The second-order valence-electron chi connectivity index (χ2n) is 5.75. The van der Waals surface area contributed by atoms with Crippen LogP contribution in [0.2, 0.25) is 0 Å².